The largest absolute Gasteiger partial charge is 0.494 e. The number of ether oxygens (including phenoxy) is 1. The van der Waals surface area contributed by atoms with Gasteiger partial charge in [0.15, 0.2) is 0 Å². The van der Waals surface area contributed by atoms with Gasteiger partial charge in [0.1, 0.15) is 11.9 Å². The lowest BCUT2D eigenvalue weighted by Crippen LogP contribution is -2.28. The predicted molar refractivity (Wildman–Crippen MR) is 63.5 cm³/mol. The lowest BCUT2D eigenvalue weighted by Gasteiger charge is -2.24. The molecule has 1 atom stereocenters. The van der Waals surface area contributed by atoms with Crippen LogP contribution in [0.3, 0.4) is 0 Å². The zero-order valence-electron chi connectivity index (χ0n) is 10.1. The summed E-state index contributed by atoms with van der Waals surface area (Å²) >= 11 is 0. The summed E-state index contributed by atoms with van der Waals surface area (Å²) in [6.07, 6.45) is 0.0846. The number of aliphatic hydroxyl groups excluding tert-OH is 1. The van der Waals surface area contributed by atoms with Crippen LogP contribution < -0.4 is 4.74 Å². The Labute approximate surface area is 96.7 Å². The second kappa shape index (κ2) is 5.32. The number of hydrogen-bond acceptors (Lipinski definition) is 3. The first-order valence-electron chi connectivity index (χ1n) is 5.58. The van der Waals surface area contributed by atoms with Gasteiger partial charge in [-0.1, -0.05) is 19.1 Å². The highest BCUT2D eigenvalue weighted by Crippen LogP contribution is 2.26. The number of aliphatic hydroxyl groups is 2. The van der Waals surface area contributed by atoms with E-state index in [4.69, 9.17) is 4.74 Å². The molecular weight excluding hydrogens is 204 g/mol. The molecule has 0 aliphatic rings. The summed E-state index contributed by atoms with van der Waals surface area (Å²) in [6, 6.07) is 7.15. The fourth-order valence-electron chi connectivity index (χ4n) is 1.37. The summed E-state index contributed by atoms with van der Waals surface area (Å²) in [4.78, 5) is 0. The third-order valence-corrected chi connectivity index (χ3v) is 2.34. The van der Waals surface area contributed by atoms with Crippen molar-refractivity contribution < 1.29 is 14.9 Å². The van der Waals surface area contributed by atoms with Gasteiger partial charge < -0.3 is 14.9 Å². The van der Waals surface area contributed by atoms with Crippen molar-refractivity contribution >= 4 is 0 Å². The molecule has 0 saturated heterocycles. The molecule has 16 heavy (non-hydrogen) atoms. The van der Waals surface area contributed by atoms with Crippen LogP contribution in [0.2, 0.25) is 0 Å². The van der Waals surface area contributed by atoms with E-state index in [1.165, 1.54) is 0 Å². The first kappa shape index (κ1) is 13.0. The third kappa shape index (κ3) is 3.51. The summed E-state index contributed by atoms with van der Waals surface area (Å²) in [5, 5.41) is 19.5. The van der Waals surface area contributed by atoms with E-state index in [0.717, 1.165) is 12.2 Å². The molecule has 0 heterocycles. The summed E-state index contributed by atoms with van der Waals surface area (Å²) in [5.41, 5.74) is -0.442. The van der Waals surface area contributed by atoms with Gasteiger partial charge in [0.2, 0.25) is 0 Å². The summed E-state index contributed by atoms with van der Waals surface area (Å²) in [5.74, 6) is 0.786. The second-order valence-electron chi connectivity index (χ2n) is 4.47. The van der Waals surface area contributed by atoms with Gasteiger partial charge in [-0.2, -0.15) is 0 Å². The van der Waals surface area contributed by atoms with Crippen molar-refractivity contribution in [2.24, 2.45) is 0 Å². The molecule has 0 bridgehead atoms. The van der Waals surface area contributed by atoms with E-state index >= 15 is 0 Å². The normalized spacial score (nSPS) is 13.6. The summed E-state index contributed by atoms with van der Waals surface area (Å²) < 4.78 is 5.43. The Morgan fingerprint density at radius 3 is 2.25 bits per heavy atom. The molecule has 0 aliphatic carbocycles. The standard InChI is InChI=1S/C13H20O3/c1-4-9-16-11-7-5-10(6-8-11)12(14)13(2,3)15/h5-8,12,14-15H,4,9H2,1-3H3. The zero-order chi connectivity index (χ0) is 12.2. The maximum atomic E-state index is 9.83. The van der Waals surface area contributed by atoms with Crippen LogP contribution in [0.5, 0.6) is 5.75 Å². The van der Waals surface area contributed by atoms with Crippen molar-refractivity contribution in [3.05, 3.63) is 29.8 Å². The van der Waals surface area contributed by atoms with Crippen molar-refractivity contribution in [1.82, 2.24) is 0 Å². The fraction of sp³-hybridized carbons (Fsp3) is 0.538. The minimum absolute atomic E-state index is 0.688. The third-order valence-electron chi connectivity index (χ3n) is 2.34. The Kier molecular flexibility index (Phi) is 4.33. The SMILES string of the molecule is CCCOc1ccc(C(O)C(C)(C)O)cc1. The van der Waals surface area contributed by atoms with Crippen LogP contribution >= 0.6 is 0 Å². The molecule has 0 spiro atoms. The Morgan fingerprint density at radius 1 is 1.25 bits per heavy atom. The average molecular weight is 224 g/mol. The van der Waals surface area contributed by atoms with Crippen LogP contribution in [0.1, 0.15) is 38.9 Å². The van der Waals surface area contributed by atoms with E-state index in [0.29, 0.717) is 12.2 Å². The monoisotopic (exact) mass is 224 g/mol. The van der Waals surface area contributed by atoms with Crippen LogP contribution in [0.15, 0.2) is 24.3 Å². The molecule has 3 nitrogen and oxygen atoms in total. The first-order valence-corrected chi connectivity index (χ1v) is 5.58. The van der Waals surface area contributed by atoms with E-state index in [1.807, 2.05) is 6.92 Å². The second-order valence-corrected chi connectivity index (χ2v) is 4.47. The Bertz CT molecular complexity index is 311. The highest BCUT2D eigenvalue weighted by Gasteiger charge is 2.25. The first-order chi connectivity index (χ1) is 7.45. The van der Waals surface area contributed by atoms with Gasteiger partial charge in [-0.05, 0) is 38.0 Å². The van der Waals surface area contributed by atoms with Gasteiger partial charge in [0, 0.05) is 0 Å². The minimum atomic E-state index is -1.13. The Morgan fingerprint density at radius 2 is 1.81 bits per heavy atom. The number of rotatable bonds is 5. The Hall–Kier alpha value is -1.06. The molecule has 0 saturated carbocycles. The topological polar surface area (TPSA) is 49.7 Å². The predicted octanol–water partition coefficient (Wildman–Crippen LogP) is 2.28. The molecule has 1 aromatic carbocycles. The van der Waals surface area contributed by atoms with E-state index in [2.05, 4.69) is 0 Å². The van der Waals surface area contributed by atoms with Gasteiger partial charge in [0.05, 0.1) is 12.2 Å². The molecule has 0 radical (unpaired) electrons. The van der Waals surface area contributed by atoms with Gasteiger partial charge in [-0.25, -0.2) is 0 Å². The van der Waals surface area contributed by atoms with Gasteiger partial charge in [-0.15, -0.1) is 0 Å². The quantitative estimate of drug-likeness (QED) is 0.806. The molecular formula is C13H20O3. The maximum absolute atomic E-state index is 9.83. The summed E-state index contributed by atoms with van der Waals surface area (Å²) in [6.45, 7) is 5.90. The highest BCUT2D eigenvalue weighted by molar-refractivity contribution is 5.29. The van der Waals surface area contributed by atoms with Crippen LogP contribution in [0, 0.1) is 0 Å². The van der Waals surface area contributed by atoms with Gasteiger partial charge in [-0.3, -0.25) is 0 Å². The molecule has 0 amide bonds. The van der Waals surface area contributed by atoms with E-state index in [1.54, 1.807) is 38.1 Å². The van der Waals surface area contributed by atoms with Crippen molar-refractivity contribution in [1.29, 1.82) is 0 Å². The van der Waals surface area contributed by atoms with Crippen LogP contribution in [0.25, 0.3) is 0 Å². The molecule has 0 aliphatic heterocycles. The van der Waals surface area contributed by atoms with Gasteiger partial charge >= 0.3 is 0 Å². The molecule has 2 N–H and O–H groups in total. The smallest absolute Gasteiger partial charge is 0.119 e. The molecule has 0 fully saturated rings. The zero-order valence-corrected chi connectivity index (χ0v) is 10.1. The van der Waals surface area contributed by atoms with Gasteiger partial charge in [0.25, 0.3) is 0 Å². The van der Waals surface area contributed by atoms with Crippen LogP contribution in [-0.4, -0.2) is 22.4 Å². The summed E-state index contributed by atoms with van der Waals surface area (Å²) in [7, 11) is 0. The lowest BCUT2D eigenvalue weighted by molar-refractivity contribution is -0.0497. The minimum Gasteiger partial charge on any atom is -0.494 e. The molecule has 0 aromatic heterocycles. The van der Waals surface area contributed by atoms with E-state index in [9.17, 15) is 10.2 Å². The number of benzene rings is 1. The fourth-order valence-corrected chi connectivity index (χ4v) is 1.37. The Balaban J connectivity index is 2.71. The van der Waals surface area contributed by atoms with Crippen molar-refractivity contribution in [3.63, 3.8) is 0 Å². The van der Waals surface area contributed by atoms with Crippen molar-refractivity contribution in [3.8, 4) is 5.75 Å². The van der Waals surface area contributed by atoms with E-state index < -0.39 is 11.7 Å². The van der Waals surface area contributed by atoms with Crippen molar-refractivity contribution in [2.75, 3.05) is 6.61 Å². The van der Waals surface area contributed by atoms with E-state index in [-0.39, 0.29) is 0 Å². The van der Waals surface area contributed by atoms with Crippen LogP contribution in [0.4, 0.5) is 0 Å². The number of hydrogen-bond donors (Lipinski definition) is 2. The highest BCUT2D eigenvalue weighted by atomic mass is 16.5. The van der Waals surface area contributed by atoms with Crippen molar-refractivity contribution in [2.45, 2.75) is 38.9 Å². The maximum Gasteiger partial charge on any atom is 0.119 e. The molecule has 3 heteroatoms. The molecule has 1 aromatic rings. The lowest BCUT2D eigenvalue weighted by atomic mass is 9.95. The molecule has 1 rings (SSSR count). The molecule has 90 valence electrons. The average Bonchev–Trinajstić information content (AvgIpc) is 2.25. The van der Waals surface area contributed by atoms with Crippen LogP contribution in [-0.2, 0) is 0 Å². The molecule has 1 unspecified atom stereocenters.